The smallest absolute Gasteiger partial charge is 0.144 e. The fourth-order valence-corrected chi connectivity index (χ4v) is 1.67. The molecule has 0 aliphatic carbocycles. The lowest BCUT2D eigenvalue weighted by atomic mass is 10.3. The molecule has 1 heterocycles. The molecule has 4 nitrogen and oxygen atoms in total. The molecule has 0 spiro atoms. The summed E-state index contributed by atoms with van der Waals surface area (Å²) in [6, 6.07) is 1.72. The summed E-state index contributed by atoms with van der Waals surface area (Å²) in [5, 5.41) is 9.66. The van der Waals surface area contributed by atoms with Crippen molar-refractivity contribution < 1.29 is 5.11 Å². The lowest BCUT2D eigenvalue weighted by molar-refractivity contribution is 0.137. The molecular weight excluding hydrogens is 214 g/mol. The first-order chi connectivity index (χ1) is 6.97. The number of nitrogens with zero attached hydrogens (tertiary/aromatic N) is 3. The number of aryl methyl sites for hydroxylation is 1. The number of rotatable bonds is 4. The maximum absolute atomic E-state index is 9.20. The maximum Gasteiger partial charge on any atom is 0.144 e. The molecule has 84 valence electrons. The average molecular weight is 230 g/mol. The first kappa shape index (κ1) is 12.4. The molecule has 1 rings (SSSR count). The quantitative estimate of drug-likeness (QED) is 0.790. The maximum atomic E-state index is 9.20. The van der Waals surface area contributed by atoms with Crippen molar-refractivity contribution in [1.82, 2.24) is 14.9 Å². The van der Waals surface area contributed by atoms with E-state index in [1.165, 1.54) is 0 Å². The van der Waals surface area contributed by atoms with Gasteiger partial charge in [-0.2, -0.15) is 0 Å². The SMILES string of the molecule is Cc1cc(Cl)nc(CN(C)CC(C)O)n1. The molecule has 1 aromatic heterocycles. The van der Waals surface area contributed by atoms with Crippen molar-refractivity contribution in [2.24, 2.45) is 0 Å². The Morgan fingerprint density at radius 2 is 2.20 bits per heavy atom. The van der Waals surface area contributed by atoms with E-state index in [-0.39, 0.29) is 6.10 Å². The minimum Gasteiger partial charge on any atom is -0.392 e. The zero-order valence-corrected chi connectivity index (χ0v) is 9.99. The van der Waals surface area contributed by atoms with Crippen LogP contribution in [0.15, 0.2) is 6.07 Å². The molecule has 0 aliphatic heterocycles. The van der Waals surface area contributed by atoms with Gasteiger partial charge in [0.1, 0.15) is 11.0 Å². The number of aromatic nitrogens is 2. The van der Waals surface area contributed by atoms with Crippen LogP contribution in [0.1, 0.15) is 18.4 Å². The number of hydrogen-bond donors (Lipinski definition) is 1. The van der Waals surface area contributed by atoms with E-state index in [4.69, 9.17) is 11.6 Å². The van der Waals surface area contributed by atoms with E-state index in [1.807, 2.05) is 18.9 Å². The molecule has 0 fully saturated rings. The van der Waals surface area contributed by atoms with E-state index in [0.29, 0.717) is 24.1 Å². The van der Waals surface area contributed by atoms with Gasteiger partial charge in [0.25, 0.3) is 0 Å². The summed E-state index contributed by atoms with van der Waals surface area (Å²) < 4.78 is 0. The largest absolute Gasteiger partial charge is 0.392 e. The van der Waals surface area contributed by atoms with Crippen molar-refractivity contribution in [3.05, 3.63) is 22.7 Å². The summed E-state index contributed by atoms with van der Waals surface area (Å²) in [4.78, 5) is 10.3. The van der Waals surface area contributed by atoms with Gasteiger partial charge in [0.05, 0.1) is 12.6 Å². The minimum absolute atomic E-state index is 0.352. The first-order valence-electron chi connectivity index (χ1n) is 4.84. The fourth-order valence-electron chi connectivity index (χ4n) is 1.42. The first-order valence-corrected chi connectivity index (χ1v) is 5.22. The van der Waals surface area contributed by atoms with Gasteiger partial charge in [-0.25, -0.2) is 9.97 Å². The van der Waals surface area contributed by atoms with Crippen molar-refractivity contribution in [3.8, 4) is 0 Å². The van der Waals surface area contributed by atoms with Crippen LogP contribution in [-0.2, 0) is 6.54 Å². The highest BCUT2D eigenvalue weighted by Gasteiger charge is 2.07. The molecule has 1 N–H and O–H groups in total. The van der Waals surface area contributed by atoms with Crippen molar-refractivity contribution in [2.75, 3.05) is 13.6 Å². The second-order valence-corrected chi connectivity index (χ2v) is 4.18. The fraction of sp³-hybridized carbons (Fsp3) is 0.600. The van der Waals surface area contributed by atoms with E-state index in [0.717, 1.165) is 5.69 Å². The van der Waals surface area contributed by atoms with Crippen molar-refractivity contribution in [1.29, 1.82) is 0 Å². The molecule has 1 aromatic rings. The summed E-state index contributed by atoms with van der Waals surface area (Å²) in [6.45, 7) is 4.81. The van der Waals surface area contributed by atoms with Gasteiger partial charge >= 0.3 is 0 Å². The zero-order chi connectivity index (χ0) is 11.4. The van der Waals surface area contributed by atoms with Crippen LogP contribution >= 0.6 is 11.6 Å². The van der Waals surface area contributed by atoms with Gasteiger partial charge in [-0.15, -0.1) is 0 Å². The normalized spacial score (nSPS) is 13.2. The van der Waals surface area contributed by atoms with Gasteiger partial charge in [-0.3, -0.25) is 4.90 Å². The van der Waals surface area contributed by atoms with Gasteiger partial charge in [-0.1, -0.05) is 11.6 Å². The summed E-state index contributed by atoms with van der Waals surface area (Å²) in [5.41, 5.74) is 0.857. The Morgan fingerprint density at radius 1 is 1.53 bits per heavy atom. The molecule has 1 atom stereocenters. The number of aliphatic hydroxyl groups excluding tert-OH is 1. The Morgan fingerprint density at radius 3 is 2.73 bits per heavy atom. The van der Waals surface area contributed by atoms with E-state index < -0.39 is 0 Å². The van der Waals surface area contributed by atoms with Crippen LogP contribution in [0.2, 0.25) is 5.15 Å². The summed E-state index contributed by atoms with van der Waals surface area (Å²) in [7, 11) is 1.91. The number of aliphatic hydroxyl groups is 1. The van der Waals surface area contributed by atoms with Crippen molar-refractivity contribution in [2.45, 2.75) is 26.5 Å². The molecular formula is C10H16ClN3O. The van der Waals surface area contributed by atoms with E-state index in [9.17, 15) is 5.11 Å². The highest BCUT2D eigenvalue weighted by molar-refractivity contribution is 6.29. The lowest BCUT2D eigenvalue weighted by Crippen LogP contribution is -2.27. The Labute approximate surface area is 94.9 Å². The second-order valence-electron chi connectivity index (χ2n) is 3.79. The van der Waals surface area contributed by atoms with Crippen molar-refractivity contribution >= 4 is 11.6 Å². The molecule has 0 radical (unpaired) electrons. The van der Waals surface area contributed by atoms with Crippen LogP contribution in [0.25, 0.3) is 0 Å². The Hall–Kier alpha value is -0.710. The average Bonchev–Trinajstić information content (AvgIpc) is 1.98. The van der Waals surface area contributed by atoms with Gasteiger partial charge in [0.15, 0.2) is 0 Å². The summed E-state index contributed by atoms with van der Waals surface area (Å²) in [5.74, 6) is 0.683. The van der Waals surface area contributed by atoms with Gasteiger partial charge < -0.3 is 5.11 Å². The van der Waals surface area contributed by atoms with Crippen molar-refractivity contribution in [3.63, 3.8) is 0 Å². The molecule has 0 aliphatic rings. The standard InChI is InChI=1S/C10H16ClN3O/c1-7-4-9(11)13-10(12-7)6-14(3)5-8(2)15/h4,8,15H,5-6H2,1-3H3. The molecule has 1 unspecified atom stereocenters. The monoisotopic (exact) mass is 229 g/mol. The van der Waals surface area contributed by atoms with Crippen LogP contribution in [0.3, 0.4) is 0 Å². The van der Waals surface area contributed by atoms with Crippen LogP contribution in [0, 0.1) is 6.92 Å². The Balaban J connectivity index is 2.63. The van der Waals surface area contributed by atoms with Gasteiger partial charge in [0, 0.05) is 12.2 Å². The van der Waals surface area contributed by atoms with Crippen LogP contribution in [0.4, 0.5) is 0 Å². The third-order valence-corrected chi connectivity index (χ3v) is 2.05. The highest BCUT2D eigenvalue weighted by atomic mass is 35.5. The Bertz CT molecular complexity index is 310. The molecule has 15 heavy (non-hydrogen) atoms. The van der Waals surface area contributed by atoms with Gasteiger partial charge in [0.2, 0.25) is 0 Å². The highest BCUT2D eigenvalue weighted by Crippen LogP contribution is 2.07. The summed E-state index contributed by atoms with van der Waals surface area (Å²) >= 11 is 5.82. The van der Waals surface area contributed by atoms with Crippen LogP contribution < -0.4 is 0 Å². The van der Waals surface area contributed by atoms with E-state index in [2.05, 4.69) is 9.97 Å². The number of likely N-dealkylation sites (N-methyl/N-ethyl adjacent to an activating group) is 1. The predicted octanol–water partition coefficient (Wildman–Crippen LogP) is 1.25. The molecule has 5 heteroatoms. The summed E-state index contributed by atoms with van der Waals surface area (Å²) in [6.07, 6.45) is -0.352. The molecule has 0 aromatic carbocycles. The topological polar surface area (TPSA) is 49.2 Å². The molecule has 0 saturated heterocycles. The van der Waals surface area contributed by atoms with E-state index >= 15 is 0 Å². The number of hydrogen-bond acceptors (Lipinski definition) is 4. The zero-order valence-electron chi connectivity index (χ0n) is 9.24. The number of halogens is 1. The van der Waals surface area contributed by atoms with Gasteiger partial charge in [-0.05, 0) is 27.0 Å². The third kappa shape index (κ3) is 4.55. The second kappa shape index (κ2) is 5.39. The van der Waals surface area contributed by atoms with Crippen LogP contribution in [0.5, 0.6) is 0 Å². The Kier molecular flexibility index (Phi) is 4.45. The predicted molar refractivity (Wildman–Crippen MR) is 59.8 cm³/mol. The lowest BCUT2D eigenvalue weighted by Gasteiger charge is -2.17. The van der Waals surface area contributed by atoms with Crippen LogP contribution in [-0.4, -0.2) is 39.7 Å². The van der Waals surface area contributed by atoms with E-state index in [1.54, 1.807) is 13.0 Å². The molecule has 0 amide bonds. The third-order valence-electron chi connectivity index (χ3n) is 1.86. The molecule has 0 bridgehead atoms. The minimum atomic E-state index is -0.352. The molecule has 0 saturated carbocycles.